The second kappa shape index (κ2) is 25.8. The summed E-state index contributed by atoms with van der Waals surface area (Å²) in [6.07, 6.45) is 23.4. The van der Waals surface area contributed by atoms with Gasteiger partial charge in [0.25, 0.3) is 0 Å². The number of unbranched alkanes of at least 4 members (excludes halogenated alkanes) is 13. The van der Waals surface area contributed by atoms with Crippen molar-refractivity contribution >= 4 is 39.0 Å². The van der Waals surface area contributed by atoms with Gasteiger partial charge in [-0.05, 0) is 0 Å². The summed E-state index contributed by atoms with van der Waals surface area (Å²) in [6.45, 7) is 13.2. The molecular formula is C46H73NO2Sn. The molecule has 0 bridgehead atoms. The first-order chi connectivity index (χ1) is 24.6. The predicted octanol–water partition coefficient (Wildman–Crippen LogP) is 14.7. The molecule has 4 heteroatoms. The van der Waals surface area contributed by atoms with Gasteiger partial charge in [-0.3, -0.25) is 0 Å². The van der Waals surface area contributed by atoms with Crippen LogP contribution in [0.15, 0.2) is 72.8 Å². The molecule has 3 rings (SSSR count). The molecule has 0 unspecified atom stereocenters. The number of anilines is 3. The summed E-state index contributed by atoms with van der Waals surface area (Å²) < 4.78 is 18.6. The summed E-state index contributed by atoms with van der Waals surface area (Å²) in [7, 11) is 0. The van der Waals surface area contributed by atoms with Crippen LogP contribution >= 0.6 is 0 Å². The van der Waals surface area contributed by atoms with Crippen molar-refractivity contribution in [3.05, 3.63) is 72.8 Å². The van der Waals surface area contributed by atoms with E-state index in [2.05, 4.69) is 112 Å². The number of nitrogens with zero attached hydrogens (tertiary/aromatic N) is 1. The molecule has 0 aliphatic carbocycles. The van der Waals surface area contributed by atoms with Crippen molar-refractivity contribution < 1.29 is 9.47 Å². The standard InChI is InChI=1S/C34H46NO2.3C4H9.Sn/c1-3-5-7-9-11-16-28-36-33-24-20-31(21-25-33)35(30-18-14-13-15-19-30)32-22-26-34(27-23-32)37-29-17-12-10-8-6-4-2;3*1-3-4-2;/h14-15,18-27H,3-12,16-17,28-29H2,1-2H3;3*1,3-4H2,2H3;. The zero-order valence-electron chi connectivity index (χ0n) is 33.0. The third-order valence-corrected chi connectivity index (χ3v) is 26.2. The quantitative estimate of drug-likeness (QED) is 0.0516. The van der Waals surface area contributed by atoms with Crippen molar-refractivity contribution in [2.24, 2.45) is 0 Å². The van der Waals surface area contributed by atoms with Gasteiger partial charge in [0.05, 0.1) is 0 Å². The first-order valence-electron chi connectivity index (χ1n) is 21.0. The Morgan fingerprint density at radius 1 is 0.380 bits per heavy atom. The molecule has 50 heavy (non-hydrogen) atoms. The molecule has 0 amide bonds. The van der Waals surface area contributed by atoms with Gasteiger partial charge in [-0.1, -0.05) is 78.1 Å². The van der Waals surface area contributed by atoms with Crippen LogP contribution in [0.3, 0.4) is 0 Å². The van der Waals surface area contributed by atoms with Gasteiger partial charge in [-0.15, -0.1) is 0 Å². The summed E-state index contributed by atoms with van der Waals surface area (Å²) in [5.41, 5.74) is 3.53. The molecule has 3 aromatic carbocycles. The van der Waals surface area contributed by atoms with Crippen LogP contribution in [0.1, 0.15) is 150 Å². The van der Waals surface area contributed by atoms with Crippen molar-refractivity contribution in [3.8, 4) is 11.5 Å². The van der Waals surface area contributed by atoms with Crippen molar-refractivity contribution in [1.29, 1.82) is 0 Å². The van der Waals surface area contributed by atoms with E-state index in [0.29, 0.717) is 0 Å². The van der Waals surface area contributed by atoms with Gasteiger partial charge in [0.15, 0.2) is 0 Å². The number of rotatable bonds is 29. The van der Waals surface area contributed by atoms with E-state index < -0.39 is 18.4 Å². The summed E-state index contributed by atoms with van der Waals surface area (Å²) >= 11 is -2.51. The molecule has 0 atom stereocenters. The minimum atomic E-state index is -2.51. The molecule has 0 aliphatic heterocycles. The van der Waals surface area contributed by atoms with Gasteiger partial charge in [0.1, 0.15) is 0 Å². The number of benzene rings is 3. The van der Waals surface area contributed by atoms with E-state index >= 15 is 0 Å². The Hall–Kier alpha value is -2.14. The third-order valence-electron chi connectivity index (χ3n) is 10.5. The average Bonchev–Trinajstić information content (AvgIpc) is 3.15. The van der Waals surface area contributed by atoms with E-state index in [1.165, 1.54) is 122 Å². The van der Waals surface area contributed by atoms with Crippen molar-refractivity contribution in [3.63, 3.8) is 0 Å². The molecule has 0 fully saturated rings. The summed E-state index contributed by atoms with van der Waals surface area (Å²) in [4.78, 5) is 2.40. The van der Waals surface area contributed by atoms with Crippen molar-refractivity contribution in [1.82, 2.24) is 0 Å². The fourth-order valence-corrected chi connectivity index (χ4v) is 23.2. The zero-order valence-corrected chi connectivity index (χ0v) is 35.8. The Labute approximate surface area is 312 Å². The van der Waals surface area contributed by atoms with Crippen LogP contribution in [0.4, 0.5) is 17.1 Å². The SMILES string of the molecule is CCCCCCCCOc1ccc(N(c2ccc(OCCCCCCCC)cc2)c2cc[c]([Sn]([CH2]CCC)([CH2]CCC)[CH2]CCC)cc2)cc1. The maximum atomic E-state index is 6.17. The second-order valence-electron chi connectivity index (χ2n) is 14.7. The van der Waals surface area contributed by atoms with E-state index in [9.17, 15) is 0 Å². The number of hydrogen-bond donors (Lipinski definition) is 0. The van der Waals surface area contributed by atoms with Gasteiger partial charge < -0.3 is 0 Å². The van der Waals surface area contributed by atoms with Crippen LogP contribution in [-0.4, -0.2) is 31.6 Å². The fraction of sp³-hybridized carbons (Fsp3) is 0.609. The monoisotopic (exact) mass is 791 g/mol. The van der Waals surface area contributed by atoms with Crippen LogP contribution in [0.25, 0.3) is 0 Å². The average molecular weight is 791 g/mol. The van der Waals surface area contributed by atoms with E-state index in [1.54, 1.807) is 3.58 Å². The molecule has 0 N–H and O–H groups in total. The third kappa shape index (κ3) is 14.8. The van der Waals surface area contributed by atoms with Crippen LogP contribution < -0.4 is 18.0 Å². The Morgan fingerprint density at radius 2 is 0.700 bits per heavy atom. The molecule has 0 saturated carbocycles. The Balaban J connectivity index is 1.82. The molecule has 3 aromatic rings. The Morgan fingerprint density at radius 3 is 1.06 bits per heavy atom. The van der Waals surface area contributed by atoms with Crippen LogP contribution in [0.5, 0.6) is 11.5 Å². The van der Waals surface area contributed by atoms with Gasteiger partial charge in [-0.25, -0.2) is 0 Å². The molecule has 0 aromatic heterocycles. The Kier molecular flexibility index (Phi) is 21.8. The van der Waals surface area contributed by atoms with Crippen LogP contribution in [0, 0.1) is 0 Å². The topological polar surface area (TPSA) is 21.7 Å². The summed E-state index contributed by atoms with van der Waals surface area (Å²) in [5, 5.41) is 0. The molecule has 278 valence electrons. The van der Waals surface area contributed by atoms with Gasteiger partial charge in [-0.2, -0.15) is 0 Å². The predicted molar refractivity (Wildman–Crippen MR) is 223 cm³/mol. The van der Waals surface area contributed by atoms with Crippen LogP contribution in [-0.2, 0) is 0 Å². The molecular weight excluding hydrogens is 717 g/mol. The van der Waals surface area contributed by atoms with E-state index in [-0.39, 0.29) is 0 Å². The first kappa shape index (κ1) is 42.3. The first-order valence-corrected chi connectivity index (χ1v) is 28.4. The molecule has 0 heterocycles. The zero-order chi connectivity index (χ0) is 35.7. The van der Waals surface area contributed by atoms with Crippen molar-refractivity contribution in [2.45, 2.75) is 164 Å². The minimum absolute atomic E-state index is 0.790. The summed E-state index contributed by atoms with van der Waals surface area (Å²) in [6, 6.07) is 27.4. The van der Waals surface area contributed by atoms with E-state index in [4.69, 9.17) is 9.47 Å². The van der Waals surface area contributed by atoms with Crippen LogP contribution in [0.2, 0.25) is 13.3 Å². The summed E-state index contributed by atoms with van der Waals surface area (Å²) in [5.74, 6) is 1.91. The van der Waals surface area contributed by atoms with E-state index in [0.717, 1.165) is 48.9 Å². The number of hydrogen-bond acceptors (Lipinski definition) is 3. The second-order valence-corrected chi connectivity index (χ2v) is 27.9. The normalized spacial score (nSPS) is 11.5. The molecule has 0 spiro atoms. The Bertz CT molecular complexity index is 1160. The molecule has 3 nitrogen and oxygen atoms in total. The molecule has 0 radical (unpaired) electrons. The fourth-order valence-electron chi connectivity index (χ4n) is 7.29. The molecule has 0 saturated heterocycles. The van der Waals surface area contributed by atoms with Gasteiger partial charge in [0, 0.05) is 0 Å². The van der Waals surface area contributed by atoms with E-state index in [1.807, 2.05) is 0 Å². The van der Waals surface area contributed by atoms with Gasteiger partial charge in [0.2, 0.25) is 0 Å². The maximum absolute atomic E-state index is 6.17. The molecule has 0 aliphatic rings. The van der Waals surface area contributed by atoms with Gasteiger partial charge >= 0.3 is 236 Å². The van der Waals surface area contributed by atoms with Crippen molar-refractivity contribution in [2.75, 3.05) is 18.1 Å². The number of ether oxygens (including phenoxy) is 2.